The molecule has 0 amide bonds. The van der Waals surface area contributed by atoms with E-state index in [1.54, 1.807) is 7.11 Å². The molecule has 1 aliphatic rings. The minimum absolute atomic E-state index is 0.634. The van der Waals surface area contributed by atoms with Crippen molar-refractivity contribution < 1.29 is 4.74 Å². The Morgan fingerprint density at radius 1 is 1.29 bits per heavy atom. The molecule has 1 aromatic rings. The maximum absolute atomic E-state index is 5.36. The first-order valence-corrected chi connectivity index (χ1v) is 6.46. The summed E-state index contributed by atoms with van der Waals surface area (Å²) < 4.78 is 5.36. The molecule has 0 bridgehead atoms. The summed E-state index contributed by atoms with van der Waals surface area (Å²) in [7, 11) is 1.73. The molecule has 1 saturated heterocycles. The highest BCUT2D eigenvalue weighted by molar-refractivity contribution is 5.33. The lowest BCUT2D eigenvalue weighted by molar-refractivity contribution is 0.402. The summed E-state index contributed by atoms with van der Waals surface area (Å²) in [6, 6.07) is 8.85. The van der Waals surface area contributed by atoms with Crippen molar-refractivity contribution in [3.05, 3.63) is 29.8 Å². The van der Waals surface area contributed by atoms with E-state index < -0.39 is 0 Å². The minimum Gasteiger partial charge on any atom is -0.496 e. The molecule has 3 heteroatoms. The number of rotatable bonds is 4. The van der Waals surface area contributed by atoms with Gasteiger partial charge in [0.2, 0.25) is 0 Å². The summed E-state index contributed by atoms with van der Waals surface area (Å²) >= 11 is 0. The zero-order chi connectivity index (χ0) is 11.9. The second kappa shape index (κ2) is 6.62. The van der Waals surface area contributed by atoms with Crippen LogP contribution in [-0.2, 0) is 6.54 Å². The smallest absolute Gasteiger partial charge is 0.123 e. The van der Waals surface area contributed by atoms with Crippen molar-refractivity contribution in [1.82, 2.24) is 10.6 Å². The van der Waals surface area contributed by atoms with Crippen molar-refractivity contribution in [3.8, 4) is 5.75 Å². The molecule has 0 spiro atoms. The van der Waals surface area contributed by atoms with E-state index in [2.05, 4.69) is 22.8 Å². The van der Waals surface area contributed by atoms with Crippen molar-refractivity contribution >= 4 is 0 Å². The normalized spacial score (nSPS) is 20.9. The third-order valence-electron chi connectivity index (χ3n) is 3.35. The number of nitrogens with one attached hydrogen (secondary N) is 2. The van der Waals surface area contributed by atoms with Crippen LogP contribution >= 0.6 is 0 Å². The molecular formula is C14H22N2O. The van der Waals surface area contributed by atoms with Crippen molar-refractivity contribution in [2.75, 3.05) is 20.2 Å². The van der Waals surface area contributed by atoms with Crippen LogP contribution in [0.5, 0.6) is 5.75 Å². The largest absolute Gasteiger partial charge is 0.496 e. The monoisotopic (exact) mass is 234 g/mol. The van der Waals surface area contributed by atoms with Crippen LogP contribution in [0.3, 0.4) is 0 Å². The van der Waals surface area contributed by atoms with Crippen molar-refractivity contribution in [1.29, 1.82) is 0 Å². The number of ether oxygens (including phenoxy) is 1. The summed E-state index contributed by atoms with van der Waals surface area (Å²) in [6.45, 7) is 3.19. The Kier molecular flexibility index (Phi) is 4.83. The first-order chi connectivity index (χ1) is 8.40. The molecule has 0 aliphatic carbocycles. The van der Waals surface area contributed by atoms with Crippen LogP contribution in [0, 0.1) is 0 Å². The maximum Gasteiger partial charge on any atom is 0.123 e. The Bertz CT molecular complexity index is 333. The topological polar surface area (TPSA) is 33.3 Å². The molecule has 1 aromatic carbocycles. The minimum atomic E-state index is 0.634. The Morgan fingerprint density at radius 2 is 2.18 bits per heavy atom. The molecule has 1 fully saturated rings. The van der Waals surface area contributed by atoms with Crippen molar-refractivity contribution in [2.24, 2.45) is 0 Å². The summed E-state index contributed by atoms with van der Waals surface area (Å²) in [5.74, 6) is 0.978. The Balaban J connectivity index is 1.87. The van der Waals surface area contributed by atoms with E-state index >= 15 is 0 Å². The molecule has 17 heavy (non-hydrogen) atoms. The van der Waals surface area contributed by atoms with Gasteiger partial charge in [0.15, 0.2) is 0 Å². The number of methoxy groups -OCH3 is 1. The Hall–Kier alpha value is -1.06. The van der Waals surface area contributed by atoms with E-state index in [1.807, 2.05) is 12.1 Å². The van der Waals surface area contributed by atoms with Crippen LogP contribution in [0.1, 0.15) is 24.8 Å². The molecule has 2 N–H and O–H groups in total. The molecule has 3 nitrogen and oxygen atoms in total. The molecule has 0 radical (unpaired) electrons. The van der Waals surface area contributed by atoms with E-state index in [4.69, 9.17) is 4.74 Å². The first-order valence-electron chi connectivity index (χ1n) is 6.46. The number of hydrogen-bond donors (Lipinski definition) is 2. The fourth-order valence-electron chi connectivity index (χ4n) is 2.33. The van der Waals surface area contributed by atoms with Gasteiger partial charge >= 0.3 is 0 Å². The highest BCUT2D eigenvalue weighted by Crippen LogP contribution is 2.17. The molecular weight excluding hydrogens is 212 g/mol. The van der Waals surface area contributed by atoms with Gasteiger partial charge in [-0.05, 0) is 38.4 Å². The molecule has 0 aromatic heterocycles. The quantitative estimate of drug-likeness (QED) is 0.835. The van der Waals surface area contributed by atoms with Gasteiger partial charge in [-0.15, -0.1) is 0 Å². The van der Waals surface area contributed by atoms with Crippen molar-refractivity contribution in [3.63, 3.8) is 0 Å². The van der Waals surface area contributed by atoms with Gasteiger partial charge in [0, 0.05) is 18.2 Å². The average Bonchev–Trinajstić information content (AvgIpc) is 2.65. The van der Waals surface area contributed by atoms with Crippen LogP contribution in [0.15, 0.2) is 24.3 Å². The summed E-state index contributed by atoms with van der Waals surface area (Å²) in [5, 5.41) is 7.07. The SMILES string of the molecule is COc1ccccc1CNC1CCCNCC1. The fraction of sp³-hybridized carbons (Fsp3) is 0.571. The van der Waals surface area contributed by atoms with Gasteiger partial charge in [-0.3, -0.25) is 0 Å². The number of para-hydroxylation sites is 1. The van der Waals surface area contributed by atoms with E-state index in [1.165, 1.54) is 24.8 Å². The zero-order valence-electron chi connectivity index (χ0n) is 10.5. The molecule has 1 aliphatic heterocycles. The highest BCUT2D eigenvalue weighted by Gasteiger charge is 2.11. The lowest BCUT2D eigenvalue weighted by Crippen LogP contribution is -2.29. The maximum atomic E-state index is 5.36. The number of benzene rings is 1. The molecule has 1 heterocycles. The lowest BCUT2D eigenvalue weighted by Gasteiger charge is -2.17. The second-order valence-electron chi connectivity index (χ2n) is 4.57. The molecule has 94 valence electrons. The van der Waals surface area contributed by atoms with Gasteiger partial charge in [-0.25, -0.2) is 0 Å². The second-order valence-corrected chi connectivity index (χ2v) is 4.57. The van der Waals surface area contributed by atoms with Gasteiger partial charge in [0.1, 0.15) is 5.75 Å². The highest BCUT2D eigenvalue weighted by atomic mass is 16.5. The summed E-state index contributed by atoms with van der Waals surface area (Å²) in [5.41, 5.74) is 1.24. The third-order valence-corrected chi connectivity index (χ3v) is 3.35. The van der Waals surface area contributed by atoms with Crippen LogP contribution in [0.4, 0.5) is 0 Å². The predicted molar refractivity (Wildman–Crippen MR) is 70.3 cm³/mol. The zero-order valence-corrected chi connectivity index (χ0v) is 10.5. The first kappa shape index (κ1) is 12.4. The standard InChI is InChI=1S/C14H22N2O/c1-17-14-7-3-2-5-12(14)11-16-13-6-4-9-15-10-8-13/h2-3,5,7,13,15-16H,4,6,8-11H2,1H3. The van der Waals surface area contributed by atoms with Gasteiger partial charge in [-0.2, -0.15) is 0 Å². The molecule has 2 rings (SSSR count). The summed E-state index contributed by atoms with van der Waals surface area (Å²) in [6.07, 6.45) is 3.75. The predicted octanol–water partition coefficient (Wildman–Crippen LogP) is 1.93. The van der Waals surface area contributed by atoms with Gasteiger partial charge in [0.05, 0.1) is 7.11 Å². The van der Waals surface area contributed by atoms with Crippen LogP contribution in [-0.4, -0.2) is 26.2 Å². The lowest BCUT2D eigenvalue weighted by atomic mass is 10.1. The summed E-state index contributed by atoms with van der Waals surface area (Å²) in [4.78, 5) is 0. The van der Waals surface area contributed by atoms with Gasteiger partial charge < -0.3 is 15.4 Å². The molecule has 1 atom stereocenters. The Labute approximate surface area is 104 Å². The van der Waals surface area contributed by atoms with Crippen LogP contribution in [0.2, 0.25) is 0 Å². The molecule has 0 saturated carbocycles. The van der Waals surface area contributed by atoms with E-state index in [0.717, 1.165) is 25.4 Å². The van der Waals surface area contributed by atoms with Crippen LogP contribution in [0.25, 0.3) is 0 Å². The third kappa shape index (κ3) is 3.72. The van der Waals surface area contributed by atoms with Gasteiger partial charge in [0.25, 0.3) is 0 Å². The molecule has 1 unspecified atom stereocenters. The van der Waals surface area contributed by atoms with E-state index in [-0.39, 0.29) is 0 Å². The van der Waals surface area contributed by atoms with Crippen LogP contribution < -0.4 is 15.4 Å². The Morgan fingerprint density at radius 3 is 3.06 bits per heavy atom. The average molecular weight is 234 g/mol. The van der Waals surface area contributed by atoms with Gasteiger partial charge in [-0.1, -0.05) is 18.2 Å². The number of hydrogen-bond acceptors (Lipinski definition) is 3. The fourth-order valence-corrected chi connectivity index (χ4v) is 2.33. The van der Waals surface area contributed by atoms with Crippen molar-refractivity contribution in [2.45, 2.75) is 31.8 Å². The van der Waals surface area contributed by atoms with E-state index in [9.17, 15) is 0 Å². The van der Waals surface area contributed by atoms with E-state index in [0.29, 0.717) is 6.04 Å².